The summed E-state index contributed by atoms with van der Waals surface area (Å²) in [6, 6.07) is 0. The van der Waals surface area contributed by atoms with Crippen LogP contribution in [0.3, 0.4) is 0 Å². The fourth-order valence-corrected chi connectivity index (χ4v) is 1.26. The van der Waals surface area contributed by atoms with Crippen LogP contribution in [0, 0.1) is 5.41 Å². The summed E-state index contributed by atoms with van der Waals surface area (Å²) >= 11 is 0. The molecule has 13 heavy (non-hydrogen) atoms. The summed E-state index contributed by atoms with van der Waals surface area (Å²) in [5.41, 5.74) is 0.585. The lowest BCUT2D eigenvalue weighted by Crippen LogP contribution is -2.40. The van der Waals surface area contributed by atoms with Crippen LogP contribution in [0.4, 0.5) is 0 Å². The fraction of sp³-hybridized carbons (Fsp3) is 0.571. The second kappa shape index (κ2) is 3.53. The van der Waals surface area contributed by atoms with Gasteiger partial charge >= 0.3 is 0 Å². The first-order valence-electron chi connectivity index (χ1n) is 4.15. The van der Waals surface area contributed by atoms with Gasteiger partial charge in [-0.2, -0.15) is 15.4 Å². The van der Waals surface area contributed by atoms with Crippen LogP contribution in [0.2, 0.25) is 0 Å². The van der Waals surface area contributed by atoms with Crippen molar-refractivity contribution >= 4 is 5.84 Å². The molecule has 6 nitrogen and oxygen atoms in total. The molecular weight excluding hydrogens is 170 g/mol. The number of nitrogens with zero attached hydrogens (tertiary/aromatic N) is 3. The second-order valence-electron chi connectivity index (χ2n) is 2.80. The van der Waals surface area contributed by atoms with E-state index in [4.69, 9.17) is 10.1 Å². The van der Waals surface area contributed by atoms with Gasteiger partial charge in [0.1, 0.15) is 5.69 Å². The zero-order valence-corrected chi connectivity index (χ0v) is 7.16. The van der Waals surface area contributed by atoms with Crippen molar-refractivity contribution in [3.63, 3.8) is 0 Å². The van der Waals surface area contributed by atoms with Crippen molar-refractivity contribution in [2.75, 3.05) is 26.3 Å². The summed E-state index contributed by atoms with van der Waals surface area (Å²) in [5.74, 6) is 0.414. The van der Waals surface area contributed by atoms with Crippen LogP contribution in [-0.4, -0.2) is 52.4 Å². The molecule has 0 bridgehead atoms. The maximum atomic E-state index is 7.79. The van der Waals surface area contributed by atoms with Crippen LogP contribution >= 0.6 is 0 Å². The van der Waals surface area contributed by atoms with Gasteiger partial charge in [0.2, 0.25) is 0 Å². The molecule has 0 aliphatic carbocycles. The van der Waals surface area contributed by atoms with Crippen molar-refractivity contribution in [2.24, 2.45) is 0 Å². The van der Waals surface area contributed by atoms with E-state index in [0.29, 0.717) is 24.7 Å². The molecule has 0 unspecified atom stereocenters. The maximum Gasteiger partial charge on any atom is 0.150 e. The number of hydrogen-bond donors (Lipinski definition) is 2. The highest BCUT2D eigenvalue weighted by atomic mass is 16.5. The maximum absolute atomic E-state index is 7.79. The highest BCUT2D eigenvalue weighted by molar-refractivity contribution is 5.94. The average Bonchev–Trinajstić information content (AvgIpc) is 2.71. The number of hydrogen-bond acceptors (Lipinski definition) is 4. The smallest absolute Gasteiger partial charge is 0.150 e. The largest absolute Gasteiger partial charge is 0.378 e. The topological polar surface area (TPSA) is 77.9 Å². The summed E-state index contributed by atoms with van der Waals surface area (Å²) < 4.78 is 5.19. The van der Waals surface area contributed by atoms with Crippen LogP contribution in [0.25, 0.3) is 0 Å². The normalized spacial score (nSPS) is 17.4. The van der Waals surface area contributed by atoms with E-state index in [1.165, 1.54) is 0 Å². The number of amidine groups is 1. The highest BCUT2D eigenvalue weighted by Crippen LogP contribution is 2.02. The second-order valence-corrected chi connectivity index (χ2v) is 2.80. The van der Waals surface area contributed by atoms with Gasteiger partial charge in [0.05, 0.1) is 19.4 Å². The van der Waals surface area contributed by atoms with Crippen LogP contribution in [0.5, 0.6) is 0 Å². The Labute approximate surface area is 75.4 Å². The summed E-state index contributed by atoms with van der Waals surface area (Å²) in [4.78, 5) is 1.93. The average molecular weight is 181 g/mol. The van der Waals surface area contributed by atoms with E-state index in [1.54, 1.807) is 6.20 Å². The zero-order valence-electron chi connectivity index (χ0n) is 7.16. The molecule has 1 aromatic heterocycles. The Morgan fingerprint density at radius 1 is 1.54 bits per heavy atom. The molecule has 1 aliphatic heterocycles. The van der Waals surface area contributed by atoms with Crippen molar-refractivity contribution < 1.29 is 4.74 Å². The van der Waals surface area contributed by atoms with Crippen molar-refractivity contribution in [3.05, 3.63) is 11.9 Å². The van der Waals surface area contributed by atoms with E-state index >= 15 is 0 Å². The number of nitrogens with one attached hydrogen (secondary N) is 2. The van der Waals surface area contributed by atoms with Gasteiger partial charge in [-0.15, -0.1) is 0 Å². The third kappa shape index (κ3) is 1.67. The third-order valence-corrected chi connectivity index (χ3v) is 1.98. The molecule has 2 heterocycles. The number of rotatable bonds is 1. The Balaban J connectivity index is 2.04. The van der Waals surface area contributed by atoms with Crippen LogP contribution in [0.15, 0.2) is 6.20 Å². The summed E-state index contributed by atoms with van der Waals surface area (Å²) in [6.07, 6.45) is 1.55. The number of aromatic nitrogens is 3. The number of morpholine rings is 1. The van der Waals surface area contributed by atoms with Crippen molar-refractivity contribution in [1.82, 2.24) is 20.3 Å². The molecule has 1 aliphatic rings. The van der Waals surface area contributed by atoms with Crippen molar-refractivity contribution in [3.8, 4) is 0 Å². The van der Waals surface area contributed by atoms with Gasteiger partial charge < -0.3 is 9.64 Å². The quantitative estimate of drug-likeness (QED) is 0.450. The van der Waals surface area contributed by atoms with Gasteiger partial charge in [-0.3, -0.25) is 5.41 Å². The molecule has 0 radical (unpaired) electrons. The number of H-pyrrole nitrogens is 1. The monoisotopic (exact) mass is 181 g/mol. The lowest BCUT2D eigenvalue weighted by atomic mass is 10.3. The van der Waals surface area contributed by atoms with Gasteiger partial charge in [-0.05, 0) is 0 Å². The molecule has 0 saturated carbocycles. The molecule has 2 rings (SSSR count). The Bertz CT molecular complexity index is 277. The van der Waals surface area contributed by atoms with E-state index in [1.807, 2.05) is 4.90 Å². The molecule has 0 aromatic carbocycles. The molecule has 70 valence electrons. The summed E-state index contributed by atoms with van der Waals surface area (Å²) in [7, 11) is 0. The minimum absolute atomic E-state index is 0.414. The Morgan fingerprint density at radius 3 is 2.92 bits per heavy atom. The van der Waals surface area contributed by atoms with E-state index in [0.717, 1.165) is 13.1 Å². The van der Waals surface area contributed by atoms with Gasteiger partial charge in [-0.1, -0.05) is 0 Å². The third-order valence-electron chi connectivity index (χ3n) is 1.98. The summed E-state index contributed by atoms with van der Waals surface area (Å²) in [6.45, 7) is 2.87. The standard InChI is InChI=1S/C7H11N5O/c8-7(6-5-9-11-10-6)12-1-3-13-4-2-12/h5,8H,1-4H2,(H,9,10,11). The van der Waals surface area contributed by atoms with Crippen molar-refractivity contribution in [1.29, 1.82) is 5.41 Å². The predicted molar refractivity (Wildman–Crippen MR) is 45.6 cm³/mol. The summed E-state index contributed by atoms with van der Waals surface area (Å²) in [5, 5.41) is 17.8. The van der Waals surface area contributed by atoms with E-state index in [9.17, 15) is 0 Å². The molecule has 2 N–H and O–H groups in total. The fourth-order valence-electron chi connectivity index (χ4n) is 1.26. The van der Waals surface area contributed by atoms with E-state index < -0.39 is 0 Å². The molecule has 0 spiro atoms. The van der Waals surface area contributed by atoms with Crippen LogP contribution < -0.4 is 0 Å². The van der Waals surface area contributed by atoms with Gasteiger partial charge in [0.15, 0.2) is 5.84 Å². The minimum atomic E-state index is 0.414. The minimum Gasteiger partial charge on any atom is -0.378 e. The van der Waals surface area contributed by atoms with Crippen LogP contribution in [-0.2, 0) is 4.74 Å². The van der Waals surface area contributed by atoms with Gasteiger partial charge in [0.25, 0.3) is 0 Å². The Kier molecular flexibility index (Phi) is 2.22. The first-order chi connectivity index (χ1) is 6.38. The molecule has 0 amide bonds. The SMILES string of the molecule is N=C(c1cn[nH]n1)N1CCOCC1. The molecule has 1 aromatic rings. The lowest BCUT2D eigenvalue weighted by molar-refractivity contribution is 0.0679. The van der Waals surface area contributed by atoms with Gasteiger partial charge in [-0.25, -0.2) is 0 Å². The van der Waals surface area contributed by atoms with Crippen LogP contribution in [0.1, 0.15) is 5.69 Å². The Hall–Kier alpha value is -1.43. The first-order valence-corrected chi connectivity index (χ1v) is 4.15. The zero-order chi connectivity index (χ0) is 9.10. The molecule has 6 heteroatoms. The van der Waals surface area contributed by atoms with E-state index in [-0.39, 0.29) is 0 Å². The van der Waals surface area contributed by atoms with Crippen molar-refractivity contribution in [2.45, 2.75) is 0 Å². The number of ether oxygens (including phenoxy) is 1. The molecule has 1 fully saturated rings. The number of aromatic amines is 1. The molecular formula is C7H11N5O. The van der Waals surface area contributed by atoms with Gasteiger partial charge in [0, 0.05) is 13.1 Å². The molecule has 0 atom stereocenters. The highest BCUT2D eigenvalue weighted by Gasteiger charge is 2.16. The molecule has 1 saturated heterocycles. The first kappa shape index (κ1) is 8.18. The predicted octanol–water partition coefficient (Wildman–Crippen LogP) is -0.538. The Morgan fingerprint density at radius 2 is 2.31 bits per heavy atom. The lowest BCUT2D eigenvalue weighted by Gasteiger charge is -2.27. The van der Waals surface area contributed by atoms with E-state index in [2.05, 4.69) is 15.4 Å².